The molecule has 1 fully saturated rings. The molecule has 2 heterocycles. The highest BCUT2D eigenvalue weighted by Crippen LogP contribution is 2.35. The Morgan fingerprint density at radius 1 is 1.19 bits per heavy atom. The Morgan fingerprint density at radius 2 is 1.88 bits per heavy atom. The molecule has 2 aromatic carbocycles. The van der Waals surface area contributed by atoms with Crippen molar-refractivity contribution in [2.75, 3.05) is 25.5 Å². The average molecular weight is 599 g/mol. The second-order valence-corrected chi connectivity index (χ2v) is 10.4. The Balaban J connectivity index is 1.53. The number of fused-ring (bicyclic) bond motifs is 1. The Morgan fingerprint density at radius 3 is 2.49 bits per heavy atom. The maximum Gasteiger partial charge on any atom is 0.421 e. The van der Waals surface area contributed by atoms with E-state index in [1.165, 1.54) is 17.9 Å². The van der Waals surface area contributed by atoms with Crippen molar-refractivity contribution in [2.24, 2.45) is 10.7 Å². The van der Waals surface area contributed by atoms with Gasteiger partial charge in [-0.25, -0.2) is 0 Å². The van der Waals surface area contributed by atoms with E-state index in [0.717, 1.165) is 0 Å². The molecule has 4 rings (SSSR count). The van der Waals surface area contributed by atoms with Crippen LogP contribution in [-0.2, 0) is 11.3 Å². The van der Waals surface area contributed by atoms with E-state index in [0.29, 0.717) is 54.4 Å². The number of anilines is 1. The predicted molar refractivity (Wildman–Crippen MR) is 155 cm³/mol. The van der Waals surface area contributed by atoms with Crippen molar-refractivity contribution in [3.63, 3.8) is 0 Å². The third-order valence-electron chi connectivity index (χ3n) is 7.28. The summed E-state index contributed by atoms with van der Waals surface area (Å²) in [5, 5.41) is 5.73. The van der Waals surface area contributed by atoms with Crippen molar-refractivity contribution in [2.45, 2.75) is 45.5 Å². The fraction of sp³-hybridized carbons (Fsp3) is 0.333. The van der Waals surface area contributed by atoms with Crippen LogP contribution in [0.3, 0.4) is 0 Å². The van der Waals surface area contributed by atoms with Crippen molar-refractivity contribution in [1.29, 1.82) is 0 Å². The van der Waals surface area contributed by atoms with Gasteiger partial charge in [0.1, 0.15) is 11.3 Å². The number of guanidine groups is 1. The maximum atomic E-state index is 13.9. The number of aryl methyl sites for hydroxylation is 1. The molecule has 0 bridgehead atoms. The summed E-state index contributed by atoms with van der Waals surface area (Å²) in [6.07, 6.45) is -3.02. The van der Waals surface area contributed by atoms with Gasteiger partial charge in [-0.1, -0.05) is 24.8 Å². The molecule has 0 aromatic heterocycles. The molecule has 0 radical (unpaired) electrons. The number of ether oxygens (including phenoxy) is 1. The largest absolute Gasteiger partial charge is 0.437 e. The monoisotopic (exact) mass is 598 g/mol. The molecule has 1 saturated heterocycles. The minimum atomic E-state index is -4.88. The molecule has 10 nitrogen and oxygen atoms in total. The van der Waals surface area contributed by atoms with E-state index in [-0.39, 0.29) is 35.7 Å². The van der Waals surface area contributed by atoms with Gasteiger partial charge in [0, 0.05) is 50.9 Å². The number of carbonyl (C=O) groups is 3. The summed E-state index contributed by atoms with van der Waals surface area (Å²) in [7, 11) is 1.57. The number of nitrogens with two attached hydrogens (primary N) is 1. The third-order valence-corrected chi connectivity index (χ3v) is 7.28. The molecule has 0 saturated carbocycles. The summed E-state index contributed by atoms with van der Waals surface area (Å²) in [5.74, 6) is -2.09. The number of benzene rings is 2. The predicted octanol–water partition coefficient (Wildman–Crippen LogP) is 4.09. The van der Waals surface area contributed by atoms with Gasteiger partial charge in [-0.05, 0) is 55.2 Å². The summed E-state index contributed by atoms with van der Waals surface area (Å²) in [6.45, 7) is 7.91. The van der Waals surface area contributed by atoms with Crippen LogP contribution < -0.4 is 21.1 Å². The van der Waals surface area contributed by atoms with E-state index in [2.05, 4.69) is 22.2 Å². The first-order valence-electron chi connectivity index (χ1n) is 13.6. The fourth-order valence-electron chi connectivity index (χ4n) is 4.95. The second kappa shape index (κ2) is 12.6. The minimum Gasteiger partial charge on any atom is -0.437 e. The van der Waals surface area contributed by atoms with Crippen LogP contribution in [0.1, 0.15) is 51.6 Å². The number of rotatable bonds is 7. The highest BCUT2D eigenvalue weighted by Gasteiger charge is 2.37. The van der Waals surface area contributed by atoms with Gasteiger partial charge < -0.3 is 30.9 Å². The van der Waals surface area contributed by atoms with E-state index in [9.17, 15) is 27.6 Å². The number of allylic oxidation sites excluding steroid dienone is 2. The first-order chi connectivity index (χ1) is 20.3. The van der Waals surface area contributed by atoms with E-state index in [4.69, 9.17) is 10.5 Å². The van der Waals surface area contributed by atoms with Crippen molar-refractivity contribution in [1.82, 2.24) is 15.1 Å². The number of alkyl halides is 3. The lowest BCUT2D eigenvalue weighted by molar-refractivity contribution is -0.129. The minimum absolute atomic E-state index is 0.00565. The van der Waals surface area contributed by atoms with E-state index in [1.807, 2.05) is 0 Å². The molecule has 4 N–H and O–H groups in total. The molecular formula is C30H33F3N6O4. The molecule has 13 heteroatoms. The Bertz CT molecular complexity index is 1510. The number of nitrogens with zero attached hydrogens (tertiary/aromatic N) is 3. The van der Waals surface area contributed by atoms with Crippen LogP contribution in [0, 0.1) is 6.92 Å². The quantitative estimate of drug-likeness (QED) is 0.191. The van der Waals surface area contributed by atoms with Crippen LogP contribution >= 0.6 is 0 Å². The molecule has 2 aliphatic rings. The van der Waals surface area contributed by atoms with Crippen molar-refractivity contribution in [3.8, 4) is 5.75 Å². The van der Waals surface area contributed by atoms with Crippen LogP contribution in [0.5, 0.6) is 5.75 Å². The molecule has 0 atom stereocenters. The van der Waals surface area contributed by atoms with Crippen LogP contribution in [0.2, 0.25) is 0 Å². The van der Waals surface area contributed by atoms with E-state index >= 15 is 0 Å². The van der Waals surface area contributed by atoms with Crippen LogP contribution in [-0.4, -0.2) is 65.8 Å². The highest BCUT2D eigenvalue weighted by atomic mass is 19.4. The number of nitrogens with one attached hydrogen (secondary N) is 2. The lowest BCUT2D eigenvalue weighted by atomic mass is 10.0. The van der Waals surface area contributed by atoms with E-state index < -0.39 is 29.5 Å². The molecule has 228 valence electrons. The first kappa shape index (κ1) is 31.1. The normalized spacial score (nSPS) is 16.4. The number of hydrogen-bond acceptors (Lipinski definition) is 5. The number of likely N-dealkylation sites (tertiary alicyclic amines) is 1. The van der Waals surface area contributed by atoms with Crippen molar-refractivity contribution >= 4 is 29.4 Å². The van der Waals surface area contributed by atoms with Crippen LogP contribution in [0.25, 0.3) is 0 Å². The maximum absolute atomic E-state index is 13.9. The van der Waals surface area contributed by atoms with Crippen molar-refractivity contribution in [3.05, 3.63) is 82.8 Å². The number of piperidine rings is 1. The number of carbonyl (C=O) groups excluding carboxylic acids is 3. The summed E-state index contributed by atoms with van der Waals surface area (Å²) < 4.78 is 47.3. The third kappa shape index (κ3) is 7.16. The summed E-state index contributed by atoms with van der Waals surface area (Å²) in [6, 6.07) is 9.30. The van der Waals surface area contributed by atoms with Gasteiger partial charge >= 0.3 is 6.18 Å². The molecule has 43 heavy (non-hydrogen) atoms. The van der Waals surface area contributed by atoms with E-state index in [1.54, 1.807) is 49.2 Å². The molecule has 0 aliphatic carbocycles. The zero-order chi connectivity index (χ0) is 31.5. The smallest absolute Gasteiger partial charge is 0.421 e. The van der Waals surface area contributed by atoms with Gasteiger partial charge in [-0.15, -0.1) is 0 Å². The summed E-state index contributed by atoms with van der Waals surface area (Å²) in [4.78, 5) is 44.0. The van der Waals surface area contributed by atoms with Gasteiger partial charge in [0.05, 0.1) is 5.56 Å². The molecule has 2 aliphatic heterocycles. The molecule has 2 aromatic rings. The summed E-state index contributed by atoms with van der Waals surface area (Å²) >= 11 is 0. The highest BCUT2D eigenvalue weighted by molar-refractivity contribution is 6.01. The number of aliphatic imine (C=N–C) groups is 1. The van der Waals surface area contributed by atoms with Crippen LogP contribution in [0.4, 0.5) is 18.9 Å². The van der Waals surface area contributed by atoms with Gasteiger partial charge in [-0.2, -0.15) is 18.2 Å². The SMILES string of the molecule is C=C/C(=C(\N=C(/N)Nc1ccc(C(=O)NC2CCN(C(C)=O)CC2)cc1C)Oc1cccc2c1C(=O)N(C)C2)C(F)(F)F. The van der Waals surface area contributed by atoms with Crippen molar-refractivity contribution < 1.29 is 32.3 Å². The lowest BCUT2D eigenvalue weighted by Crippen LogP contribution is -2.46. The Kier molecular flexibility index (Phi) is 9.12. The average Bonchev–Trinajstić information content (AvgIpc) is 3.23. The fourth-order valence-corrected chi connectivity index (χ4v) is 4.95. The number of hydrogen-bond donors (Lipinski definition) is 3. The zero-order valence-corrected chi connectivity index (χ0v) is 24.0. The lowest BCUT2D eigenvalue weighted by Gasteiger charge is -2.31. The Hall–Kier alpha value is -4.81. The van der Waals surface area contributed by atoms with Gasteiger partial charge in [-0.3, -0.25) is 14.4 Å². The molecule has 0 unspecified atom stereocenters. The number of halogens is 3. The standard InChI is InChI=1S/C30H33F3N6O4/c1-5-22(30(31,32)33)27(43-24-8-6-7-20-16-38(4)28(42)25(20)24)37-29(34)36-23-10-9-19(15-17(23)2)26(41)35-21-11-13-39(14-12-21)18(3)40/h5-10,15,21H,1,11-14,16H2,2-4H3,(H,35,41)(H3,34,36,37)/b27-22-. The Labute approximate surface area is 247 Å². The molecular weight excluding hydrogens is 565 g/mol. The number of amides is 3. The van der Waals surface area contributed by atoms with Gasteiger partial charge in [0.2, 0.25) is 17.7 Å². The molecule has 3 amide bonds. The molecule has 0 spiro atoms. The first-order valence-corrected chi connectivity index (χ1v) is 13.6. The topological polar surface area (TPSA) is 129 Å². The van der Waals surface area contributed by atoms with Gasteiger partial charge in [0.25, 0.3) is 11.8 Å². The second-order valence-electron chi connectivity index (χ2n) is 10.4. The van der Waals surface area contributed by atoms with Gasteiger partial charge in [0.15, 0.2) is 0 Å². The summed E-state index contributed by atoms with van der Waals surface area (Å²) in [5.41, 5.74) is 6.85. The van der Waals surface area contributed by atoms with Crippen LogP contribution in [0.15, 0.2) is 65.5 Å². The zero-order valence-electron chi connectivity index (χ0n) is 24.0.